The number of amides is 1. The van der Waals surface area contributed by atoms with Gasteiger partial charge in [0, 0.05) is 12.6 Å². The molecule has 6 heteroatoms. The van der Waals surface area contributed by atoms with Crippen molar-refractivity contribution >= 4 is 17.4 Å². The van der Waals surface area contributed by atoms with E-state index in [2.05, 4.69) is 33.9 Å². The Morgan fingerprint density at radius 1 is 1.38 bits per heavy atom. The van der Waals surface area contributed by atoms with Gasteiger partial charge in [-0.1, -0.05) is 30.7 Å². The largest absolute Gasteiger partial charge is 0.350 e. The Morgan fingerprint density at radius 3 is 2.71 bits per heavy atom. The summed E-state index contributed by atoms with van der Waals surface area (Å²) in [6, 6.07) is 0.417. The molecule has 0 aromatic carbocycles. The lowest BCUT2D eigenvalue weighted by Gasteiger charge is -2.34. The van der Waals surface area contributed by atoms with Gasteiger partial charge in [-0.2, -0.15) is 0 Å². The van der Waals surface area contributed by atoms with E-state index in [1.54, 1.807) is 0 Å². The number of likely N-dealkylation sites (N-methyl/N-ethyl adjacent to an activating group) is 1. The quantitative estimate of drug-likeness (QED) is 0.876. The molecule has 118 valence electrons. The third-order valence-electron chi connectivity index (χ3n) is 4.43. The lowest BCUT2D eigenvalue weighted by molar-refractivity contribution is 0.0925. The van der Waals surface area contributed by atoms with Crippen LogP contribution in [-0.2, 0) is 6.42 Å². The molecule has 1 aromatic heterocycles. The van der Waals surface area contributed by atoms with E-state index in [0.29, 0.717) is 23.4 Å². The highest BCUT2D eigenvalue weighted by atomic mass is 32.1. The highest BCUT2D eigenvalue weighted by molar-refractivity contribution is 7.08. The van der Waals surface area contributed by atoms with Crippen LogP contribution in [0.2, 0.25) is 0 Å². The first-order valence-electron chi connectivity index (χ1n) is 7.89. The molecule has 1 aliphatic rings. The molecule has 0 unspecified atom stereocenters. The average Bonchev–Trinajstić information content (AvgIpc) is 2.96. The molecule has 1 amide bonds. The van der Waals surface area contributed by atoms with Gasteiger partial charge in [-0.05, 0) is 50.8 Å². The topological polar surface area (TPSA) is 58.1 Å². The summed E-state index contributed by atoms with van der Waals surface area (Å²) in [6.45, 7) is 2.70. The number of hydrogen-bond acceptors (Lipinski definition) is 5. The lowest BCUT2D eigenvalue weighted by Crippen LogP contribution is -2.45. The monoisotopic (exact) mass is 310 g/mol. The van der Waals surface area contributed by atoms with E-state index in [1.165, 1.54) is 43.6 Å². The smallest absolute Gasteiger partial charge is 0.265 e. The number of carbonyl (C=O) groups is 1. The second kappa shape index (κ2) is 7.84. The minimum atomic E-state index is -0.0236. The van der Waals surface area contributed by atoms with Gasteiger partial charge in [-0.15, -0.1) is 5.10 Å². The predicted octanol–water partition coefficient (Wildman–Crippen LogP) is 2.34. The summed E-state index contributed by atoms with van der Waals surface area (Å²) in [7, 11) is 4.22. The summed E-state index contributed by atoms with van der Waals surface area (Å²) in [4.78, 5) is 15.2. The van der Waals surface area contributed by atoms with Gasteiger partial charge < -0.3 is 10.2 Å². The van der Waals surface area contributed by atoms with Crippen LogP contribution in [0.1, 0.15) is 54.4 Å². The Labute approximate surface area is 131 Å². The van der Waals surface area contributed by atoms with Gasteiger partial charge >= 0.3 is 0 Å². The van der Waals surface area contributed by atoms with Crippen LogP contribution >= 0.6 is 11.5 Å². The highest BCUT2D eigenvalue weighted by Crippen LogP contribution is 2.28. The van der Waals surface area contributed by atoms with E-state index < -0.39 is 0 Å². The zero-order chi connectivity index (χ0) is 15.2. The van der Waals surface area contributed by atoms with Crippen LogP contribution in [0.15, 0.2) is 0 Å². The standard InChI is InChI=1S/C15H26N4OS/c1-4-12-14(21-18-17-12)15(20)16-10-13(19(2)3)11-8-6-5-7-9-11/h11,13H,4-10H2,1-3H3,(H,16,20)/t13-/m1/s1. The van der Waals surface area contributed by atoms with E-state index in [0.717, 1.165) is 12.1 Å². The molecule has 1 saturated carbocycles. The number of rotatable bonds is 6. The molecule has 1 N–H and O–H groups in total. The van der Waals surface area contributed by atoms with Crippen molar-refractivity contribution in [3.63, 3.8) is 0 Å². The van der Waals surface area contributed by atoms with Crippen molar-refractivity contribution in [1.82, 2.24) is 19.8 Å². The zero-order valence-corrected chi connectivity index (χ0v) is 14.1. The van der Waals surface area contributed by atoms with E-state index in [1.807, 2.05) is 6.92 Å². The van der Waals surface area contributed by atoms with Crippen LogP contribution < -0.4 is 5.32 Å². The molecule has 1 aliphatic carbocycles. The summed E-state index contributed by atoms with van der Waals surface area (Å²) in [6.07, 6.45) is 7.31. The lowest BCUT2D eigenvalue weighted by atomic mass is 9.83. The molecule has 0 bridgehead atoms. The normalized spacial score (nSPS) is 17.9. The summed E-state index contributed by atoms with van der Waals surface area (Å²) < 4.78 is 3.89. The Morgan fingerprint density at radius 2 is 2.10 bits per heavy atom. The third kappa shape index (κ3) is 4.23. The number of nitrogens with zero attached hydrogens (tertiary/aromatic N) is 3. The highest BCUT2D eigenvalue weighted by Gasteiger charge is 2.26. The fourth-order valence-corrected chi connectivity index (χ4v) is 3.85. The molecule has 0 aliphatic heterocycles. The summed E-state index contributed by atoms with van der Waals surface area (Å²) in [5.41, 5.74) is 0.802. The van der Waals surface area contributed by atoms with Crippen molar-refractivity contribution in [2.75, 3.05) is 20.6 Å². The zero-order valence-electron chi connectivity index (χ0n) is 13.3. The van der Waals surface area contributed by atoms with Crippen molar-refractivity contribution in [3.8, 4) is 0 Å². The Hall–Kier alpha value is -1.01. The van der Waals surface area contributed by atoms with Crippen molar-refractivity contribution < 1.29 is 4.79 Å². The maximum atomic E-state index is 12.3. The number of hydrogen-bond donors (Lipinski definition) is 1. The molecule has 1 atom stereocenters. The molecule has 1 fully saturated rings. The average molecular weight is 310 g/mol. The predicted molar refractivity (Wildman–Crippen MR) is 85.7 cm³/mol. The molecule has 1 heterocycles. The van der Waals surface area contributed by atoms with Gasteiger partial charge in [-0.3, -0.25) is 4.79 Å². The molecule has 21 heavy (non-hydrogen) atoms. The maximum Gasteiger partial charge on any atom is 0.265 e. The molecule has 2 rings (SSSR count). The first kappa shape index (κ1) is 16.4. The summed E-state index contributed by atoms with van der Waals surface area (Å²) in [5, 5.41) is 7.09. The minimum absolute atomic E-state index is 0.0236. The first-order valence-corrected chi connectivity index (χ1v) is 8.66. The molecule has 0 spiro atoms. The number of nitrogens with one attached hydrogen (secondary N) is 1. The number of aromatic nitrogens is 2. The SMILES string of the molecule is CCc1nnsc1C(=O)NC[C@H](C1CCCCC1)N(C)C. The van der Waals surface area contributed by atoms with Crippen LogP contribution in [0.4, 0.5) is 0 Å². The third-order valence-corrected chi connectivity index (χ3v) is 5.19. The van der Waals surface area contributed by atoms with Crippen LogP contribution in [-0.4, -0.2) is 47.1 Å². The molecular weight excluding hydrogens is 284 g/mol. The fourth-order valence-electron chi connectivity index (χ4n) is 3.18. The fraction of sp³-hybridized carbons (Fsp3) is 0.800. The summed E-state index contributed by atoms with van der Waals surface area (Å²) >= 11 is 1.19. The van der Waals surface area contributed by atoms with Gasteiger partial charge in [0.25, 0.3) is 5.91 Å². The van der Waals surface area contributed by atoms with Gasteiger partial charge in [0.05, 0.1) is 5.69 Å². The van der Waals surface area contributed by atoms with E-state index in [-0.39, 0.29) is 5.91 Å². The molecule has 0 radical (unpaired) electrons. The van der Waals surface area contributed by atoms with E-state index in [9.17, 15) is 4.79 Å². The molecule has 0 saturated heterocycles. The summed E-state index contributed by atoms with van der Waals surface area (Å²) in [5.74, 6) is 0.670. The van der Waals surface area contributed by atoms with Crippen LogP contribution in [0.3, 0.4) is 0 Å². The van der Waals surface area contributed by atoms with Crippen molar-refractivity contribution in [2.24, 2.45) is 5.92 Å². The Kier molecular flexibility index (Phi) is 6.11. The molecule has 5 nitrogen and oxygen atoms in total. The van der Waals surface area contributed by atoms with Crippen molar-refractivity contribution in [1.29, 1.82) is 0 Å². The second-order valence-corrected chi connectivity index (χ2v) is 6.80. The van der Waals surface area contributed by atoms with Gasteiger partial charge in [0.2, 0.25) is 0 Å². The maximum absolute atomic E-state index is 12.3. The van der Waals surface area contributed by atoms with Crippen LogP contribution in [0.25, 0.3) is 0 Å². The minimum Gasteiger partial charge on any atom is -0.350 e. The Bertz CT molecular complexity index is 454. The van der Waals surface area contributed by atoms with Gasteiger partial charge in [0.15, 0.2) is 0 Å². The number of carbonyl (C=O) groups excluding carboxylic acids is 1. The van der Waals surface area contributed by atoms with E-state index in [4.69, 9.17) is 0 Å². The van der Waals surface area contributed by atoms with Gasteiger partial charge in [0.1, 0.15) is 4.88 Å². The van der Waals surface area contributed by atoms with E-state index >= 15 is 0 Å². The van der Waals surface area contributed by atoms with Crippen LogP contribution in [0, 0.1) is 5.92 Å². The Balaban J connectivity index is 1.93. The molecule has 1 aromatic rings. The number of aryl methyl sites for hydroxylation is 1. The second-order valence-electron chi connectivity index (χ2n) is 6.04. The van der Waals surface area contributed by atoms with Crippen molar-refractivity contribution in [2.45, 2.75) is 51.5 Å². The molecular formula is C15H26N4OS. The van der Waals surface area contributed by atoms with Crippen molar-refractivity contribution in [3.05, 3.63) is 10.6 Å². The van der Waals surface area contributed by atoms with Gasteiger partial charge in [-0.25, -0.2) is 0 Å². The van der Waals surface area contributed by atoms with Crippen LogP contribution in [0.5, 0.6) is 0 Å². The first-order chi connectivity index (χ1) is 10.1.